The minimum absolute atomic E-state index is 0.0734. The van der Waals surface area contributed by atoms with E-state index < -0.39 is 0 Å². The highest BCUT2D eigenvalue weighted by Gasteiger charge is 2.18. The van der Waals surface area contributed by atoms with Crippen molar-refractivity contribution in [2.24, 2.45) is 0 Å². The molecule has 0 bridgehead atoms. The summed E-state index contributed by atoms with van der Waals surface area (Å²) in [4.78, 5) is 12.2. The van der Waals surface area contributed by atoms with Gasteiger partial charge in [-0.15, -0.1) is 0 Å². The van der Waals surface area contributed by atoms with Gasteiger partial charge in [-0.1, -0.05) is 53.6 Å². The molecular weight excluding hydrogens is 339 g/mol. The fourth-order valence-corrected chi connectivity index (χ4v) is 2.98. The van der Waals surface area contributed by atoms with Crippen LogP contribution in [0.3, 0.4) is 0 Å². The third-order valence-corrected chi connectivity index (χ3v) is 4.39. The van der Waals surface area contributed by atoms with E-state index >= 15 is 0 Å². The molecule has 2 rings (SSSR count). The number of ether oxygens (including phenoxy) is 1. The number of esters is 1. The third kappa shape index (κ3) is 3.70. The number of carbonyl (C=O) groups excluding carboxylic acids is 1. The molecule has 1 unspecified atom stereocenters. The summed E-state index contributed by atoms with van der Waals surface area (Å²) in [6.07, 6.45) is 6.88. The van der Waals surface area contributed by atoms with Gasteiger partial charge in [0.15, 0.2) is 0 Å². The highest BCUT2D eigenvalue weighted by Crippen LogP contribution is 2.19. The lowest BCUT2D eigenvalue weighted by Crippen LogP contribution is -2.20. The van der Waals surface area contributed by atoms with Crippen molar-refractivity contribution in [3.63, 3.8) is 0 Å². The van der Waals surface area contributed by atoms with Crippen LogP contribution >= 0.6 is 22.6 Å². The molecule has 0 fully saturated rings. The first-order chi connectivity index (χ1) is 8.81. The van der Waals surface area contributed by atoms with Crippen molar-refractivity contribution in [2.75, 3.05) is 4.43 Å². The molecule has 1 atom stereocenters. The van der Waals surface area contributed by atoms with Gasteiger partial charge < -0.3 is 4.74 Å². The fourth-order valence-electron chi connectivity index (χ4n) is 2.36. The number of hydrogen-bond acceptors (Lipinski definition) is 2. The van der Waals surface area contributed by atoms with Crippen molar-refractivity contribution in [1.29, 1.82) is 0 Å². The molecule has 0 spiro atoms. The summed E-state index contributed by atoms with van der Waals surface area (Å²) in [5.41, 5.74) is 1.89. The fraction of sp³-hybridized carbons (Fsp3) is 0.533. The summed E-state index contributed by atoms with van der Waals surface area (Å²) < 4.78 is 6.49. The SMILES string of the molecule is O=C1OC(CI)CCCCCCc2ccccc21. The smallest absolute Gasteiger partial charge is 0.338 e. The second kappa shape index (κ2) is 7.12. The van der Waals surface area contributed by atoms with Crippen LogP contribution in [-0.4, -0.2) is 16.5 Å². The first-order valence-corrected chi connectivity index (χ1v) is 8.18. The highest BCUT2D eigenvalue weighted by molar-refractivity contribution is 14.1. The van der Waals surface area contributed by atoms with Gasteiger partial charge >= 0.3 is 5.97 Å². The number of hydrogen-bond donors (Lipinski definition) is 0. The molecule has 0 amide bonds. The average molecular weight is 358 g/mol. The summed E-state index contributed by atoms with van der Waals surface area (Å²) in [6, 6.07) is 7.85. The molecule has 1 aromatic carbocycles. The lowest BCUT2D eigenvalue weighted by Gasteiger charge is -2.15. The normalized spacial score (nSPS) is 21.6. The van der Waals surface area contributed by atoms with Crippen LogP contribution in [0.1, 0.15) is 48.0 Å². The van der Waals surface area contributed by atoms with E-state index in [9.17, 15) is 4.79 Å². The van der Waals surface area contributed by atoms with Gasteiger partial charge in [-0.25, -0.2) is 4.79 Å². The molecule has 1 heterocycles. The second-order valence-corrected chi connectivity index (χ2v) is 5.67. The molecule has 3 heteroatoms. The number of cyclic esters (lactones) is 1. The molecule has 2 nitrogen and oxygen atoms in total. The molecule has 0 saturated heterocycles. The molecule has 1 aliphatic heterocycles. The molecule has 0 N–H and O–H groups in total. The monoisotopic (exact) mass is 358 g/mol. The molecule has 0 saturated carbocycles. The maximum Gasteiger partial charge on any atom is 0.338 e. The molecule has 0 aromatic heterocycles. The Bertz CT molecular complexity index is 403. The van der Waals surface area contributed by atoms with Gasteiger partial charge in [-0.05, 0) is 37.3 Å². The zero-order chi connectivity index (χ0) is 12.8. The number of halogens is 1. The van der Waals surface area contributed by atoms with E-state index in [0.717, 1.165) is 34.8 Å². The van der Waals surface area contributed by atoms with Gasteiger partial charge in [0, 0.05) is 4.43 Å². The van der Waals surface area contributed by atoms with Crippen LogP contribution < -0.4 is 0 Å². The topological polar surface area (TPSA) is 26.3 Å². The lowest BCUT2D eigenvalue weighted by molar-refractivity contribution is 0.0335. The number of rotatable bonds is 1. The Morgan fingerprint density at radius 1 is 1.17 bits per heavy atom. The van der Waals surface area contributed by atoms with Crippen LogP contribution in [-0.2, 0) is 11.2 Å². The first kappa shape index (κ1) is 13.8. The van der Waals surface area contributed by atoms with E-state index in [0.29, 0.717) is 0 Å². The summed E-state index contributed by atoms with van der Waals surface area (Å²) in [5.74, 6) is -0.144. The molecule has 1 aliphatic rings. The van der Waals surface area contributed by atoms with Gasteiger partial charge in [0.1, 0.15) is 6.10 Å². The van der Waals surface area contributed by atoms with Crippen LogP contribution in [0.5, 0.6) is 0 Å². The van der Waals surface area contributed by atoms with E-state index in [1.807, 2.05) is 24.3 Å². The summed E-state index contributed by atoms with van der Waals surface area (Å²) in [7, 11) is 0. The Labute approximate surface area is 122 Å². The minimum Gasteiger partial charge on any atom is -0.458 e. The largest absolute Gasteiger partial charge is 0.458 e. The van der Waals surface area contributed by atoms with Crippen LogP contribution in [0.2, 0.25) is 0 Å². The van der Waals surface area contributed by atoms with Crippen molar-refractivity contribution < 1.29 is 9.53 Å². The van der Waals surface area contributed by atoms with Crippen LogP contribution in [0.4, 0.5) is 0 Å². The Kier molecular flexibility index (Phi) is 5.47. The van der Waals surface area contributed by atoms with E-state index in [-0.39, 0.29) is 12.1 Å². The zero-order valence-corrected chi connectivity index (χ0v) is 12.7. The number of carbonyl (C=O) groups is 1. The number of aryl methyl sites for hydroxylation is 1. The van der Waals surface area contributed by atoms with Crippen molar-refractivity contribution >= 4 is 28.6 Å². The van der Waals surface area contributed by atoms with Crippen LogP contribution in [0.15, 0.2) is 24.3 Å². The van der Waals surface area contributed by atoms with E-state index in [1.165, 1.54) is 19.3 Å². The molecule has 0 radical (unpaired) electrons. The van der Waals surface area contributed by atoms with E-state index in [2.05, 4.69) is 22.6 Å². The van der Waals surface area contributed by atoms with E-state index in [4.69, 9.17) is 4.74 Å². The molecular formula is C15H19IO2. The summed E-state index contributed by atoms with van der Waals surface area (Å²) in [6.45, 7) is 0. The van der Waals surface area contributed by atoms with Gasteiger partial charge in [-0.2, -0.15) is 0 Å². The maximum absolute atomic E-state index is 12.2. The predicted octanol–water partition coefficient (Wildman–Crippen LogP) is 4.15. The van der Waals surface area contributed by atoms with Crippen LogP contribution in [0.25, 0.3) is 0 Å². The van der Waals surface area contributed by atoms with Crippen molar-refractivity contribution in [3.8, 4) is 0 Å². The Hall–Kier alpha value is -0.580. The summed E-state index contributed by atoms with van der Waals surface area (Å²) >= 11 is 2.30. The molecule has 1 aromatic rings. The molecule has 18 heavy (non-hydrogen) atoms. The summed E-state index contributed by atoms with van der Waals surface area (Å²) in [5, 5.41) is 0. The third-order valence-electron chi connectivity index (χ3n) is 3.41. The van der Waals surface area contributed by atoms with Gasteiger partial charge in [-0.3, -0.25) is 0 Å². The van der Waals surface area contributed by atoms with Crippen molar-refractivity contribution in [2.45, 2.75) is 44.6 Å². The van der Waals surface area contributed by atoms with Gasteiger partial charge in [0.2, 0.25) is 0 Å². The van der Waals surface area contributed by atoms with Gasteiger partial charge in [0.05, 0.1) is 5.56 Å². The van der Waals surface area contributed by atoms with E-state index in [1.54, 1.807) is 0 Å². The first-order valence-electron chi connectivity index (χ1n) is 6.66. The van der Waals surface area contributed by atoms with Crippen LogP contribution in [0, 0.1) is 0 Å². The maximum atomic E-state index is 12.2. The van der Waals surface area contributed by atoms with Crippen molar-refractivity contribution in [1.82, 2.24) is 0 Å². The quantitative estimate of drug-likeness (QED) is 0.428. The average Bonchev–Trinajstić information content (AvgIpc) is 2.44. The van der Waals surface area contributed by atoms with Gasteiger partial charge in [0.25, 0.3) is 0 Å². The number of fused-ring (bicyclic) bond motifs is 1. The number of alkyl halides is 1. The standard InChI is InChI=1S/C15H19IO2/c16-11-13-9-4-2-1-3-7-12-8-5-6-10-14(12)15(17)18-13/h5-6,8,10,13H,1-4,7,9,11H2. The predicted molar refractivity (Wildman–Crippen MR) is 81.3 cm³/mol. The lowest BCUT2D eigenvalue weighted by atomic mass is 10.0. The Morgan fingerprint density at radius 3 is 2.78 bits per heavy atom. The molecule has 98 valence electrons. The minimum atomic E-state index is -0.144. The highest BCUT2D eigenvalue weighted by atomic mass is 127. The Morgan fingerprint density at radius 2 is 1.94 bits per heavy atom. The van der Waals surface area contributed by atoms with Crippen molar-refractivity contribution in [3.05, 3.63) is 35.4 Å². The number of benzene rings is 1. The zero-order valence-electron chi connectivity index (χ0n) is 10.5. The second-order valence-electron chi connectivity index (χ2n) is 4.79. The molecule has 0 aliphatic carbocycles. The Balaban J connectivity index is 2.20.